The van der Waals surface area contributed by atoms with Gasteiger partial charge in [-0.3, -0.25) is 4.79 Å². The Balaban J connectivity index is 1.61. The number of likely N-dealkylation sites (tertiary alicyclic amines) is 1. The second-order valence-corrected chi connectivity index (χ2v) is 6.46. The lowest BCUT2D eigenvalue weighted by atomic mass is 9.90. The Bertz CT molecular complexity index is 883. The Kier molecular flexibility index (Phi) is 4.15. The van der Waals surface area contributed by atoms with Crippen LogP contribution in [0, 0.1) is 0 Å². The summed E-state index contributed by atoms with van der Waals surface area (Å²) >= 11 is 0. The third-order valence-corrected chi connectivity index (χ3v) is 4.77. The number of aromatic amines is 1. The monoisotopic (exact) mass is 336 g/mol. The van der Waals surface area contributed by atoms with Gasteiger partial charge in [0.25, 0.3) is 5.91 Å². The van der Waals surface area contributed by atoms with E-state index >= 15 is 0 Å². The van der Waals surface area contributed by atoms with Crippen molar-refractivity contribution in [2.24, 2.45) is 0 Å². The number of carbonyl (C=O) groups is 1. The molecule has 1 aliphatic heterocycles. The first-order valence-electron chi connectivity index (χ1n) is 8.44. The highest BCUT2D eigenvalue weighted by molar-refractivity contribution is 6.03. The van der Waals surface area contributed by atoms with Gasteiger partial charge in [-0.1, -0.05) is 0 Å². The fourth-order valence-electron chi connectivity index (χ4n) is 3.32. The van der Waals surface area contributed by atoms with Gasteiger partial charge in [-0.05, 0) is 62.7 Å². The third-order valence-electron chi connectivity index (χ3n) is 4.77. The van der Waals surface area contributed by atoms with E-state index < -0.39 is 0 Å². The molecule has 0 saturated carbocycles. The summed E-state index contributed by atoms with van der Waals surface area (Å²) in [6.07, 6.45) is 7.25. The van der Waals surface area contributed by atoms with Crippen LogP contribution in [0.2, 0.25) is 0 Å². The van der Waals surface area contributed by atoms with E-state index in [1.165, 1.54) is 11.9 Å². The molecular weight excluding hydrogens is 316 g/mol. The summed E-state index contributed by atoms with van der Waals surface area (Å²) in [5.74, 6) is 0.681. The maximum absolute atomic E-state index is 12.5. The molecule has 0 bridgehead atoms. The SMILES string of the molecule is CN1CCC(c2c[nH]c3ccc(C(=O)Nc4ccncn4)nc23)CC1. The molecule has 25 heavy (non-hydrogen) atoms. The topological polar surface area (TPSA) is 86.8 Å². The summed E-state index contributed by atoms with van der Waals surface area (Å²) in [4.78, 5) is 30.6. The zero-order chi connectivity index (χ0) is 17.2. The molecule has 1 amide bonds. The second-order valence-electron chi connectivity index (χ2n) is 6.46. The van der Waals surface area contributed by atoms with Crippen LogP contribution in [0.5, 0.6) is 0 Å². The third kappa shape index (κ3) is 3.23. The van der Waals surface area contributed by atoms with Crippen LogP contribution in [0.15, 0.2) is 36.9 Å². The van der Waals surface area contributed by atoms with Gasteiger partial charge in [0.15, 0.2) is 0 Å². The highest BCUT2D eigenvalue weighted by atomic mass is 16.1. The molecule has 3 aromatic rings. The first-order valence-corrected chi connectivity index (χ1v) is 8.44. The number of nitrogens with zero attached hydrogens (tertiary/aromatic N) is 4. The minimum absolute atomic E-state index is 0.267. The molecule has 4 rings (SSSR count). The van der Waals surface area contributed by atoms with Crippen LogP contribution in [0.4, 0.5) is 5.82 Å². The van der Waals surface area contributed by atoms with Crippen LogP contribution in [-0.2, 0) is 0 Å². The van der Waals surface area contributed by atoms with Gasteiger partial charge in [-0.25, -0.2) is 15.0 Å². The van der Waals surface area contributed by atoms with Crippen LogP contribution in [-0.4, -0.2) is 50.9 Å². The van der Waals surface area contributed by atoms with Gasteiger partial charge in [0, 0.05) is 12.4 Å². The van der Waals surface area contributed by atoms with E-state index in [2.05, 4.69) is 37.2 Å². The summed E-state index contributed by atoms with van der Waals surface area (Å²) < 4.78 is 0. The Labute approximate surface area is 145 Å². The van der Waals surface area contributed by atoms with Crippen molar-refractivity contribution in [3.63, 3.8) is 0 Å². The fourth-order valence-corrected chi connectivity index (χ4v) is 3.32. The number of nitrogens with one attached hydrogen (secondary N) is 2. The minimum atomic E-state index is -0.267. The van der Waals surface area contributed by atoms with Gasteiger partial charge in [0.05, 0.1) is 11.0 Å². The van der Waals surface area contributed by atoms with Crippen molar-refractivity contribution in [2.75, 3.05) is 25.5 Å². The van der Waals surface area contributed by atoms with Crippen molar-refractivity contribution in [1.82, 2.24) is 24.8 Å². The van der Waals surface area contributed by atoms with Crippen molar-refractivity contribution in [1.29, 1.82) is 0 Å². The molecule has 0 radical (unpaired) electrons. The van der Waals surface area contributed by atoms with Gasteiger partial charge in [0.1, 0.15) is 17.8 Å². The first kappa shape index (κ1) is 15.7. The molecule has 7 nitrogen and oxygen atoms in total. The molecule has 4 heterocycles. The molecular formula is C18H20N6O. The fraction of sp³-hybridized carbons (Fsp3) is 0.333. The molecule has 128 valence electrons. The molecule has 1 saturated heterocycles. The lowest BCUT2D eigenvalue weighted by Crippen LogP contribution is -2.29. The number of piperidine rings is 1. The lowest BCUT2D eigenvalue weighted by molar-refractivity contribution is 0.102. The van der Waals surface area contributed by atoms with E-state index in [1.807, 2.05) is 12.3 Å². The van der Waals surface area contributed by atoms with E-state index in [9.17, 15) is 4.79 Å². The molecule has 0 unspecified atom stereocenters. The summed E-state index contributed by atoms with van der Waals surface area (Å²) in [6, 6.07) is 5.29. The van der Waals surface area contributed by atoms with Crippen LogP contribution in [0.3, 0.4) is 0 Å². The number of pyridine rings is 1. The first-order chi connectivity index (χ1) is 12.2. The van der Waals surface area contributed by atoms with Crippen molar-refractivity contribution < 1.29 is 4.79 Å². The molecule has 1 fully saturated rings. The average Bonchev–Trinajstić information content (AvgIpc) is 3.06. The minimum Gasteiger partial charge on any atom is -0.360 e. The average molecular weight is 336 g/mol. The van der Waals surface area contributed by atoms with Crippen molar-refractivity contribution in [2.45, 2.75) is 18.8 Å². The molecule has 0 aromatic carbocycles. The van der Waals surface area contributed by atoms with Gasteiger partial charge >= 0.3 is 0 Å². The predicted octanol–water partition coefficient (Wildman–Crippen LogP) is 2.41. The smallest absolute Gasteiger partial charge is 0.275 e. The van der Waals surface area contributed by atoms with Crippen LogP contribution < -0.4 is 5.32 Å². The van der Waals surface area contributed by atoms with E-state index in [-0.39, 0.29) is 5.91 Å². The van der Waals surface area contributed by atoms with Crippen LogP contribution in [0.1, 0.15) is 34.8 Å². The largest absolute Gasteiger partial charge is 0.360 e. The van der Waals surface area contributed by atoms with Gasteiger partial charge in [-0.15, -0.1) is 0 Å². The summed E-state index contributed by atoms with van der Waals surface area (Å²) in [5, 5.41) is 2.75. The maximum Gasteiger partial charge on any atom is 0.275 e. The summed E-state index contributed by atoms with van der Waals surface area (Å²) in [7, 11) is 2.15. The number of hydrogen-bond acceptors (Lipinski definition) is 5. The van der Waals surface area contributed by atoms with Crippen molar-refractivity contribution >= 4 is 22.8 Å². The van der Waals surface area contributed by atoms with Gasteiger partial charge in [-0.2, -0.15) is 0 Å². The van der Waals surface area contributed by atoms with Crippen molar-refractivity contribution in [3.8, 4) is 0 Å². The molecule has 1 aliphatic rings. The highest BCUT2D eigenvalue weighted by Gasteiger charge is 2.22. The van der Waals surface area contributed by atoms with E-state index in [0.717, 1.165) is 37.0 Å². The normalized spacial score (nSPS) is 16.2. The number of fused-ring (bicyclic) bond motifs is 1. The van der Waals surface area contributed by atoms with Gasteiger partial charge < -0.3 is 15.2 Å². The molecule has 7 heteroatoms. The maximum atomic E-state index is 12.5. The van der Waals surface area contributed by atoms with E-state index in [0.29, 0.717) is 17.4 Å². The molecule has 3 aromatic heterocycles. The number of rotatable bonds is 3. The Morgan fingerprint density at radius 3 is 2.88 bits per heavy atom. The molecule has 0 aliphatic carbocycles. The number of aromatic nitrogens is 4. The summed E-state index contributed by atoms with van der Waals surface area (Å²) in [6.45, 7) is 2.18. The number of amides is 1. The van der Waals surface area contributed by atoms with Gasteiger partial charge in [0.2, 0.25) is 0 Å². The standard InChI is InChI=1S/C18H20N6O/c1-24-8-5-12(6-9-24)13-10-20-14-2-3-15(22-17(13)14)18(25)23-16-4-7-19-11-21-16/h2-4,7,10-12,20H,5-6,8-9H2,1H3,(H,19,21,23,25). The van der Waals surface area contributed by atoms with Crippen LogP contribution >= 0.6 is 0 Å². The quantitative estimate of drug-likeness (QED) is 0.767. The second kappa shape index (κ2) is 6.60. The Morgan fingerprint density at radius 1 is 1.28 bits per heavy atom. The van der Waals surface area contributed by atoms with Crippen LogP contribution in [0.25, 0.3) is 11.0 Å². The molecule has 0 spiro atoms. The Hall–Kier alpha value is -2.80. The zero-order valence-corrected chi connectivity index (χ0v) is 14.1. The van der Waals surface area contributed by atoms with E-state index in [4.69, 9.17) is 0 Å². The highest BCUT2D eigenvalue weighted by Crippen LogP contribution is 2.32. The van der Waals surface area contributed by atoms with E-state index in [1.54, 1.807) is 18.3 Å². The predicted molar refractivity (Wildman–Crippen MR) is 95.6 cm³/mol. The lowest BCUT2D eigenvalue weighted by Gasteiger charge is -2.28. The summed E-state index contributed by atoms with van der Waals surface area (Å²) in [5.41, 5.74) is 3.46. The molecule has 2 N–H and O–H groups in total. The number of carbonyl (C=O) groups excluding carboxylic acids is 1. The number of H-pyrrole nitrogens is 1. The number of hydrogen-bond donors (Lipinski definition) is 2. The molecule has 0 atom stereocenters. The Morgan fingerprint density at radius 2 is 2.12 bits per heavy atom. The zero-order valence-electron chi connectivity index (χ0n) is 14.1. The number of anilines is 1. The van der Waals surface area contributed by atoms with Crippen molar-refractivity contribution in [3.05, 3.63) is 48.2 Å².